The van der Waals surface area contributed by atoms with E-state index in [-0.39, 0.29) is 5.91 Å². The Bertz CT molecular complexity index is 399. The Labute approximate surface area is 96.3 Å². The molecular weight excluding hydrogens is 202 g/mol. The van der Waals surface area contributed by atoms with Crippen LogP contribution in [0.25, 0.3) is 0 Å². The molecule has 0 aliphatic rings. The smallest absolute Gasteiger partial charge is 0.244 e. The lowest BCUT2D eigenvalue weighted by atomic mass is 9.99. The van der Waals surface area contributed by atoms with Gasteiger partial charge in [0, 0.05) is 5.69 Å². The summed E-state index contributed by atoms with van der Waals surface area (Å²) in [5.41, 5.74) is 7.48. The highest BCUT2D eigenvalue weighted by atomic mass is 16.2. The number of hydrogen-bond acceptors (Lipinski definition) is 3. The number of rotatable bonds is 3. The first kappa shape index (κ1) is 12.6. The van der Waals surface area contributed by atoms with Gasteiger partial charge in [0.1, 0.15) is 0 Å². The summed E-state index contributed by atoms with van der Waals surface area (Å²) < 4.78 is 0. The van der Waals surface area contributed by atoms with E-state index < -0.39 is 5.54 Å². The van der Waals surface area contributed by atoms with Gasteiger partial charge in [-0.25, -0.2) is 0 Å². The van der Waals surface area contributed by atoms with Crippen LogP contribution in [0.4, 0.5) is 5.69 Å². The van der Waals surface area contributed by atoms with Crippen molar-refractivity contribution in [2.45, 2.75) is 39.7 Å². The van der Waals surface area contributed by atoms with Crippen molar-refractivity contribution >= 4 is 11.6 Å². The molecule has 0 radical (unpaired) electrons. The van der Waals surface area contributed by atoms with Gasteiger partial charge < -0.3 is 11.1 Å². The first-order valence-electron chi connectivity index (χ1n) is 5.41. The van der Waals surface area contributed by atoms with Crippen LogP contribution in [0.1, 0.15) is 31.7 Å². The quantitative estimate of drug-likeness (QED) is 0.817. The largest absolute Gasteiger partial charge is 0.323 e. The van der Waals surface area contributed by atoms with Gasteiger partial charge >= 0.3 is 0 Å². The van der Waals surface area contributed by atoms with E-state index in [4.69, 9.17) is 5.73 Å². The molecule has 1 amide bonds. The van der Waals surface area contributed by atoms with E-state index in [9.17, 15) is 4.79 Å². The number of hydrogen-bond donors (Lipinski definition) is 2. The molecule has 0 saturated carbocycles. The van der Waals surface area contributed by atoms with Gasteiger partial charge in [-0.1, -0.05) is 6.92 Å². The van der Waals surface area contributed by atoms with Crippen molar-refractivity contribution in [3.05, 3.63) is 23.5 Å². The van der Waals surface area contributed by atoms with E-state index in [1.54, 1.807) is 6.92 Å². The number of aromatic nitrogens is 1. The lowest BCUT2D eigenvalue weighted by Crippen LogP contribution is -2.47. The van der Waals surface area contributed by atoms with E-state index >= 15 is 0 Å². The van der Waals surface area contributed by atoms with E-state index in [0.717, 1.165) is 17.1 Å². The maximum Gasteiger partial charge on any atom is 0.244 e. The second kappa shape index (κ2) is 4.61. The van der Waals surface area contributed by atoms with Crippen molar-refractivity contribution in [3.8, 4) is 0 Å². The van der Waals surface area contributed by atoms with Crippen LogP contribution in [0.15, 0.2) is 12.1 Å². The van der Waals surface area contributed by atoms with Crippen molar-refractivity contribution in [1.29, 1.82) is 0 Å². The van der Waals surface area contributed by atoms with Crippen LogP contribution in [0.3, 0.4) is 0 Å². The van der Waals surface area contributed by atoms with Crippen LogP contribution in [-0.4, -0.2) is 16.4 Å². The number of anilines is 1. The van der Waals surface area contributed by atoms with Gasteiger partial charge in [0.15, 0.2) is 0 Å². The molecule has 1 heterocycles. The second-order valence-corrected chi connectivity index (χ2v) is 4.31. The Kier molecular flexibility index (Phi) is 3.65. The van der Waals surface area contributed by atoms with Gasteiger partial charge in [-0.2, -0.15) is 0 Å². The highest BCUT2D eigenvalue weighted by Gasteiger charge is 2.26. The van der Waals surface area contributed by atoms with Crippen molar-refractivity contribution in [1.82, 2.24) is 4.98 Å². The molecule has 1 atom stereocenters. The van der Waals surface area contributed by atoms with Crippen molar-refractivity contribution < 1.29 is 4.79 Å². The number of amides is 1. The molecule has 1 aromatic heterocycles. The summed E-state index contributed by atoms with van der Waals surface area (Å²) in [7, 11) is 0. The van der Waals surface area contributed by atoms with E-state index in [1.807, 2.05) is 32.9 Å². The molecule has 0 bridgehead atoms. The van der Waals surface area contributed by atoms with Crippen LogP contribution in [-0.2, 0) is 4.79 Å². The number of aryl methyl sites for hydroxylation is 2. The third-order valence-electron chi connectivity index (χ3n) is 2.73. The number of nitrogens with zero attached hydrogens (tertiary/aromatic N) is 1. The highest BCUT2D eigenvalue weighted by molar-refractivity contribution is 5.97. The van der Waals surface area contributed by atoms with Gasteiger partial charge in [0.05, 0.1) is 16.9 Å². The number of carbonyl (C=O) groups is 1. The lowest BCUT2D eigenvalue weighted by molar-refractivity contribution is -0.120. The Morgan fingerprint density at radius 2 is 2.12 bits per heavy atom. The minimum atomic E-state index is -0.836. The molecule has 1 unspecified atom stereocenters. The zero-order valence-electron chi connectivity index (χ0n) is 10.3. The highest BCUT2D eigenvalue weighted by Crippen LogP contribution is 2.15. The Morgan fingerprint density at radius 1 is 1.50 bits per heavy atom. The zero-order valence-corrected chi connectivity index (χ0v) is 10.3. The minimum Gasteiger partial charge on any atom is -0.323 e. The molecule has 3 N–H and O–H groups in total. The maximum atomic E-state index is 11.8. The second-order valence-electron chi connectivity index (χ2n) is 4.31. The minimum absolute atomic E-state index is 0.177. The Balaban J connectivity index is 2.85. The topological polar surface area (TPSA) is 68.0 Å². The van der Waals surface area contributed by atoms with Crippen molar-refractivity contribution in [2.75, 3.05) is 5.32 Å². The van der Waals surface area contributed by atoms with Gasteiger partial charge in [-0.05, 0) is 39.3 Å². The molecule has 0 spiro atoms. The molecule has 0 aromatic carbocycles. The summed E-state index contributed by atoms with van der Waals surface area (Å²) >= 11 is 0. The standard InChI is InChI=1S/C12H19N3O/c1-5-12(4,13)11(16)15-10-7-6-8(2)14-9(10)3/h6-7H,5,13H2,1-4H3,(H,15,16). The fourth-order valence-electron chi connectivity index (χ4n) is 1.24. The van der Waals surface area contributed by atoms with Gasteiger partial charge in [0.2, 0.25) is 5.91 Å². The number of pyridine rings is 1. The summed E-state index contributed by atoms with van der Waals surface area (Å²) in [5, 5.41) is 2.80. The SMILES string of the molecule is CCC(C)(N)C(=O)Nc1ccc(C)nc1C. The molecule has 0 saturated heterocycles. The first-order valence-corrected chi connectivity index (χ1v) is 5.41. The maximum absolute atomic E-state index is 11.8. The Hall–Kier alpha value is -1.42. The van der Waals surface area contributed by atoms with Crippen LogP contribution < -0.4 is 11.1 Å². The van der Waals surface area contributed by atoms with Gasteiger partial charge in [-0.3, -0.25) is 9.78 Å². The Morgan fingerprint density at radius 3 is 2.62 bits per heavy atom. The fourth-order valence-corrected chi connectivity index (χ4v) is 1.24. The normalized spacial score (nSPS) is 14.3. The van der Waals surface area contributed by atoms with Gasteiger partial charge in [0.25, 0.3) is 0 Å². The number of nitrogens with one attached hydrogen (secondary N) is 1. The molecule has 16 heavy (non-hydrogen) atoms. The monoisotopic (exact) mass is 221 g/mol. The predicted molar refractivity (Wildman–Crippen MR) is 65.2 cm³/mol. The third kappa shape index (κ3) is 2.79. The summed E-state index contributed by atoms with van der Waals surface area (Å²) in [6.45, 7) is 7.39. The first-order chi connectivity index (χ1) is 7.36. The van der Waals surface area contributed by atoms with Crippen LogP contribution >= 0.6 is 0 Å². The lowest BCUT2D eigenvalue weighted by Gasteiger charge is -2.22. The number of nitrogens with two attached hydrogens (primary N) is 1. The summed E-state index contributed by atoms with van der Waals surface area (Å²) in [4.78, 5) is 16.1. The van der Waals surface area contributed by atoms with Crippen LogP contribution in [0, 0.1) is 13.8 Å². The molecule has 88 valence electrons. The number of carbonyl (C=O) groups excluding carboxylic acids is 1. The molecule has 4 heteroatoms. The van der Waals surface area contributed by atoms with Crippen molar-refractivity contribution in [3.63, 3.8) is 0 Å². The van der Waals surface area contributed by atoms with E-state index in [2.05, 4.69) is 10.3 Å². The predicted octanol–water partition coefficient (Wildman–Crippen LogP) is 1.76. The summed E-state index contributed by atoms with van der Waals surface area (Å²) in [5.74, 6) is -0.177. The fraction of sp³-hybridized carbons (Fsp3) is 0.500. The summed E-state index contributed by atoms with van der Waals surface area (Å²) in [6, 6.07) is 3.71. The third-order valence-corrected chi connectivity index (χ3v) is 2.73. The van der Waals surface area contributed by atoms with Crippen molar-refractivity contribution in [2.24, 2.45) is 5.73 Å². The molecular formula is C12H19N3O. The van der Waals surface area contributed by atoms with Crippen LogP contribution in [0.5, 0.6) is 0 Å². The average molecular weight is 221 g/mol. The summed E-state index contributed by atoms with van der Waals surface area (Å²) in [6.07, 6.45) is 0.594. The molecule has 0 fully saturated rings. The van der Waals surface area contributed by atoms with Gasteiger partial charge in [-0.15, -0.1) is 0 Å². The van der Waals surface area contributed by atoms with E-state index in [1.165, 1.54) is 0 Å². The molecule has 1 rings (SSSR count). The molecule has 4 nitrogen and oxygen atoms in total. The molecule has 1 aromatic rings. The molecule has 0 aliphatic heterocycles. The van der Waals surface area contributed by atoms with E-state index in [0.29, 0.717) is 6.42 Å². The average Bonchev–Trinajstić information content (AvgIpc) is 2.22. The molecule has 0 aliphatic carbocycles. The zero-order chi connectivity index (χ0) is 12.3. The van der Waals surface area contributed by atoms with Crippen LogP contribution in [0.2, 0.25) is 0 Å².